The molecule has 1 aromatic carbocycles. The Hall–Kier alpha value is -1.13. The van der Waals surface area contributed by atoms with E-state index in [1.54, 1.807) is 0 Å². The number of benzene rings is 1. The lowest BCUT2D eigenvalue weighted by Crippen LogP contribution is -2.06. The highest BCUT2D eigenvalue weighted by Gasteiger charge is 2.24. The molecule has 0 saturated carbocycles. The number of imidazole rings is 1. The fourth-order valence-electron chi connectivity index (χ4n) is 2.20. The van der Waals surface area contributed by atoms with Crippen molar-refractivity contribution in [2.24, 2.45) is 5.73 Å². The lowest BCUT2D eigenvalue weighted by Gasteiger charge is -2.05. The molecule has 4 heteroatoms. The average molecular weight is 278 g/mol. The summed E-state index contributed by atoms with van der Waals surface area (Å²) in [5.74, 6) is 0. The predicted octanol–water partition coefficient (Wildman–Crippen LogP) is 2.72. The Morgan fingerprint density at radius 1 is 1.31 bits per heavy atom. The number of aryl methyl sites for hydroxylation is 1. The maximum Gasteiger partial charge on any atom is 0.0956 e. The summed E-state index contributed by atoms with van der Waals surface area (Å²) < 4.78 is 3.23. The molecular formula is C12H12BrN3. The monoisotopic (exact) mass is 277 g/mol. The fourth-order valence-corrected chi connectivity index (χ4v) is 2.47. The number of rotatable bonds is 1. The Balaban J connectivity index is 2.11. The predicted molar refractivity (Wildman–Crippen MR) is 66.9 cm³/mol. The summed E-state index contributed by atoms with van der Waals surface area (Å²) in [6.45, 7) is 0.986. The molecular weight excluding hydrogens is 266 g/mol. The van der Waals surface area contributed by atoms with E-state index in [2.05, 4.69) is 37.6 Å². The van der Waals surface area contributed by atoms with Crippen molar-refractivity contribution in [1.82, 2.24) is 9.55 Å². The highest BCUT2D eigenvalue weighted by molar-refractivity contribution is 9.10. The minimum Gasteiger partial charge on any atom is -0.333 e. The van der Waals surface area contributed by atoms with Crippen LogP contribution >= 0.6 is 15.9 Å². The number of nitrogens with two attached hydrogens (primary N) is 1. The Kier molecular flexibility index (Phi) is 2.33. The quantitative estimate of drug-likeness (QED) is 0.871. The molecule has 0 radical (unpaired) electrons. The molecule has 0 bridgehead atoms. The van der Waals surface area contributed by atoms with Gasteiger partial charge >= 0.3 is 0 Å². The van der Waals surface area contributed by atoms with Gasteiger partial charge in [0.1, 0.15) is 0 Å². The molecule has 16 heavy (non-hydrogen) atoms. The van der Waals surface area contributed by atoms with Crippen molar-refractivity contribution in [3.8, 4) is 11.3 Å². The molecule has 2 N–H and O–H groups in total. The van der Waals surface area contributed by atoms with Crippen molar-refractivity contribution in [3.63, 3.8) is 0 Å². The zero-order chi connectivity index (χ0) is 11.1. The van der Waals surface area contributed by atoms with Crippen LogP contribution in [0.4, 0.5) is 0 Å². The number of hydrogen-bond donors (Lipinski definition) is 1. The van der Waals surface area contributed by atoms with E-state index in [1.807, 2.05) is 18.5 Å². The third-order valence-electron chi connectivity index (χ3n) is 3.03. The van der Waals surface area contributed by atoms with Crippen LogP contribution in [0.1, 0.15) is 18.2 Å². The van der Waals surface area contributed by atoms with Crippen LogP contribution in [-0.4, -0.2) is 9.55 Å². The SMILES string of the molecule is NC1CCn2cnc(-c3ccc(Br)cc3)c21. The van der Waals surface area contributed by atoms with Gasteiger partial charge in [0.2, 0.25) is 0 Å². The second kappa shape index (κ2) is 3.71. The summed E-state index contributed by atoms with van der Waals surface area (Å²) >= 11 is 3.43. The van der Waals surface area contributed by atoms with Crippen LogP contribution in [0.15, 0.2) is 35.1 Å². The molecule has 0 aliphatic carbocycles. The molecule has 0 fully saturated rings. The van der Waals surface area contributed by atoms with Crippen LogP contribution in [-0.2, 0) is 6.54 Å². The third kappa shape index (κ3) is 1.49. The molecule has 1 atom stereocenters. The van der Waals surface area contributed by atoms with E-state index in [9.17, 15) is 0 Å². The first-order valence-electron chi connectivity index (χ1n) is 5.32. The van der Waals surface area contributed by atoms with Crippen LogP contribution in [0.25, 0.3) is 11.3 Å². The van der Waals surface area contributed by atoms with Gasteiger partial charge in [0, 0.05) is 22.6 Å². The molecule has 3 nitrogen and oxygen atoms in total. The fraction of sp³-hybridized carbons (Fsp3) is 0.250. The van der Waals surface area contributed by atoms with E-state index in [4.69, 9.17) is 5.73 Å². The van der Waals surface area contributed by atoms with E-state index < -0.39 is 0 Å². The van der Waals surface area contributed by atoms with Crippen molar-refractivity contribution in [2.75, 3.05) is 0 Å². The van der Waals surface area contributed by atoms with Gasteiger partial charge in [0.15, 0.2) is 0 Å². The van der Waals surface area contributed by atoms with E-state index in [0.717, 1.165) is 28.7 Å². The van der Waals surface area contributed by atoms with Gasteiger partial charge in [-0.25, -0.2) is 4.98 Å². The zero-order valence-corrected chi connectivity index (χ0v) is 10.3. The third-order valence-corrected chi connectivity index (χ3v) is 3.56. The molecule has 1 aliphatic rings. The first-order valence-corrected chi connectivity index (χ1v) is 6.11. The second-order valence-electron chi connectivity index (χ2n) is 4.07. The smallest absolute Gasteiger partial charge is 0.0956 e. The number of nitrogens with zero attached hydrogens (tertiary/aromatic N) is 2. The van der Waals surface area contributed by atoms with E-state index in [0.29, 0.717) is 0 Å². The van der Waals surface area contributed by atoms with Gasteiger partial charge in [-0.05, 0) is 18.6 Å². The molecule has 0 saturated heterocycles. The molecule has 2 heterocycles. The average Bonchev–Trinajstić information content (AvgIpc) is 2.84. The van der Waals surface area contributed by atoms with Crippen molar-refractivity contribution in [1.29, 1.82) is 0 Å². The minimum atomic E-state index is 0.126. The van der Waals surface area contributed by atoms with Gasteiger partial charge in [0.25, 0.3) is 0 Å². The van der Waals surface area contributed by atoms with Crippen molar-refractivity contribution >= 4 is 15.9 Å². The summed E-state index contributed by atoms with van der Waals surface area (Å²) in [5.41, 5.74) is 9.42. The van der Waals surface area contributed by atoms with Gasteiger partial charge < -0.3 is 10.3 Å². The van der Waals surface area contributed by atoms with Crippen molar-refractivity contribution in [3.05, 3.63) is 40.8 Å². The number of aromatic nitrogens is 2. The summed E-state index contributed by atoms with van der Waals surface area (Å²) in [6, 6.07) is 8.32. The molecule has 1 aromatic heterocycles. The van der Waals surface area contributed by atoms with E-state index >= 15 is 0 Å². The van der Waals surface area contributed by atoms with Crippen molar-refractivity contribution < 1.29 is 0 Å². The lowest BCUT2D eigenvalue weighted by atomic mass is 10.1. The van der Waals surface area contributed by atoms with Crippen LogP contribution < -0.4 is 5.73 Å². The summed E-state index contributed by atoms with van der Waals surface area (Å²) in [6.07, 6.45) is 2.90. The highest BCUT2D eigenvalue weighted by Crippen LogP contribution is 2.32. The maximum atomic E-state index is 6.09. The molecule has 1 unspecified atom stereocenters. The Labute approximate surface area is 102 Å². The molecule has 82 valence electrons. The minimum absolute atomic E-state index is 0.126. The topological polar surface area (TPSA) is 43.8 Å². The van der Waals surface area contributed by atoms with Crippen LogP contribution in [0, 0.1) is 0 Å². The number of hydrogen-bond acceptors (Lipinski definition) is 2. The Morgan fingerprint density at radius 3 is 2.81 bits per heavy atom. The zero-order valence-electron chi connectivity index (χ0n) is 8.73. The van der Waals surface area contributed by atoms with Gasteiger partial charge in [-0.15, -0.1) is 0 Å². The number of halogens is 1. The van der Waals surface area contributed by atoms with Crippen LogP contribution in [0.2, 0.25) is 0 Å². The molecule has 0 amide bonds. The van der Waals surface area contributed by atoms with Crippen LogP contribution in [0.5, 0.6) is 0 Å². The molecule has 1 aliphatic heterocycles. The first kappa shape index (κ1) is 10.1. The Bertz CT molecular complexity index is 516. The molecule has 2 aromatic rings. The highest BCUT2D eigenvalue weighted by atomic mass is 79.9. The second-order valence-corrected chi connectivity index (χ2v) is 4.99. The van der Waals surface area contributed by atoms with Crippen LogP contribution in [0.3, 0.4) is 0 Å². The van der Waals surface area contributed by atoms with Crippen molar-refractivity contribution in [2.45, 2.75) is 19.0 Å². The summed E-state index contributed by atoms with van der Waals surface area (Å²) in [5, 5.41) is 0. The van der Waals surface area contributed by atoms with Gasteiger partial charge in [-0.1, -0.05) is 28.1 Å². The summed E-state index contributed by atoms with van der Waals surface area (Å²) in [7, 11) is 0. The standard InChI is InChI=1S/C12H12BrN3/c13-9-3-1-8(2-4-9)11-12-10(14)5-6-16(12)7-15-11/h1-4,7,10H,5-6,14H2. The lowest BCUT2D eigenvalue weighted by molar-refractivity contribution is 0.679. The Morgan fingerprint density at radius 2 is 2.06 bits per heavy atom. The first-order chi connectivity index (χ1) is 7.75. The number of fused-ring (bicyclic) bond motifs is 1. The molecule has 3 rings (SSSR count). The van der Waals surface area contributed by atoms with E-state index in [-0.39, 0.29) is 6.04 Å². The maximum absolute atomic E-state index is 6.09. The van der Waals surface area contributed by atoms with Gasteiger partial charge in [-0.2, -0.15) is 0 Å². The van der Waals surface area contributed by atoms with Gasteiger partial charge in [0.05, 0.1) is 17.7 Å². The van der Waals surface area contributed by atoms with Gasteiger partial charge in [-0.3, -0.25) is 0 Å². The summed E-state index contributed by atoms with van der Waals surface area (Å²) in [4.78, 5) is 4.46. The van der Waals surface area contributed by atoms with E-state index in [1.165, 1.54) is 5.69 Å². The largest absolute Gasteiger partial charge is 0.333 e. The molecule has 0 spiro atoms. The normalized spacial score (nSPS) is 18.8.